The van der Waals surface area contributed by atoms with Crippen LogP contribution in [0.5, 0.6) is 0 Å². The van der Waals surface area contributed by atoms with E-state index in [2.05, 4.69) is 20.6 Å². The molecule has 2 aromatic carbocycles. The van der Waals surface area contributed by atoms with Gasteiger partial charge in [-0.05, 0) is 44.2 Å². The minimum absolute atomic E-state index is 0.0870. The number of fused-ring (bicyclic) bond motifs is 1. The maximum atomic E-state index is 11.9. The summed E-state index contributed by atoms with van der Waals surface area (Å²) in [6, 6.07) is 12.8. The quantitative estimate of drug-likeness (QED) is 0.725. The molecule has 5 nitrogen and oxygen atoms in total. The lowest BCUT2D eigenvalue weighted by Crippen LogP contribution is -2.29. The van der Waals surface area contributed by atoms with E-state index in [1.807, 2.05) is 38.1 Å². The highest BCUT2D eigenvalue weighted by Crippen LogP contribution is 2.16. The molecule has 0 fully saturated rings. The van der Waals surface area contributed by atoms with E-state index in [1.165, 1.54) is 0 Å². The Balaban J connectivity index is 1.76. The number of benzene rings is 2. The molecule has 0 aliphatic carbocycles. The summed E-state index contributed by atoms with van der Waals surface area (Å²) in [6.45, 7) is 3.86. The van der Waals surface area contributed by atoms with Crippen molar-refractivity contribution in [3.63, 3.8) is 0 Å². The Labute approximate surface area is 141 Å². The average Bonchev–Trinajstić information content (AvgIpc) is 2.55. The fourth-order valence-electron chi connectivity index (χ4n) is 2.29. The van der Waals surface area contributed by atoms with E-state index in [-0.39, 0.29) is 11.9 Å². The van der Waals surface area contributed by atoms with Crippen molar-refractivity contribution in [1.29, 1.82) is 0 Å². The first-order chi connectivity index (χ1) is 11.5. The average molecular weight is 316 g/mol. The van der Waals surface area contributed by atoms with Crippen LogP contribution in [-0.2, 0) is 0 Å². The predicted octanol–water partition coefficient (Wildman–Crippen LogP) is 2.31. The number of aromatic nitrogens is 2. The summed E-state index contributed by atoms with van der Waals surface area (Å²) in [5, 5.41) is 6.88. The Morgan fingerprint density at radius 1 is 1.12 bits per heavy atom. The van der Waals surface area contributed by atoms with Crippen LogP contribution in [-0.4, -0.2) is 29.8 Å². The van der Waals surface area contributed by atoms with Gasteiger partial charge in [-0.2, -0.15) is 0 Å². The van der Waals surface area contributed by atoms with Crippen LogP contribution in [0, 0.1) is 0 Å². The van der Waals surface area contributed by atoms with Crippen LogP contribution in [0.1, 0.15) is 24.2 Å². The second-order valence-electron chi connectivity index (χ2n) is 5.84. The van der Waals surface area contributed by atoms with Crippen molar-refractivity contribution in [2.24, 2.45) is 0 Å². The molecule has 0 unspecified atom stereocenters. The number of carbonyl (C=O) groups excluding carboxylic acids is 1. The van der Waals surface area contributed by atoms with Crippen LogP contribution >= 0.6 is 0 Å². The van der Waals surface area contributed by atoms with Crippen LogP contribution in [0.15, 0.2) is 48.7 Å². The number of hydrogen-bond donors (Lipinski definition) is 2. The van der Waals surface area contributed by atoms with E-state index in [9.17, 15) is 4.79 Å². The number of carbonyl (C=O) groups is 1. The molecule has 1 aromatic heterocycles. The highest BCUT2D eigenvalue weighted by molar-refractivity contribution is 6.33. The van der Waals surface area contributed by atoms with Gasteiger partial charge in [-0.1, -0.05) is 17.6 Å². The van der Waals surface area contributed by atoms with E-state index >= 15 is 0 Å². The van der Waals surface area contributed by atoms with Crippen molar-refractivity contribution in [2.45, 2.75) is 19.9 Å². The fraction of sp³-hybridized carbons (Fsp3) is 0.167. The number of anilines is 2. The van der Waals surface area contributed by atoms with Gasteiger partial charge in [0.2, 0.25) is 5.95 Å². The SMILES string of the molecule is [B]c1ccc2nc(Nc3ccc(C(=O)NC(C)C)cc3)ncc2c1. The Bertz CT molecular complexity index is 878. The highest BCUT2D eigenvalue weighted by atomic mass is 16.1. The lowest BCUT2D eigenvalue weighted by atomic mass is 9.95. The summed E-state index contributed by atoms with van der Waals surface area (Å²) in [4.78, 5) is 20.7. The third-order valence-corrected chi connectivity index (χ3v) is 3.43. The third-order valence-electron chi connectivity index (χ3n) is 3.43. The predicted molar refractivity (Wildman–Crippen MR) is 97.3 cm³/mol. The maximum absolute atomic E-state index is 11.9. The molecule has 0 spiro atoms. The molecular formula is C18H17BN4O. The molecule has 0 aliphatic rings. The van der Waals surface area contributed by atoms with Gasteiger partial charge in [0, 0.05) is 28.9 Å². The highest BCUT2D eigenvalue weighted by Gasteiger charge is 2.07. The number of hydrogen-bond acceptors (Lipinski definition) is 4. The van der Waals surface area contributed by atoms with Crippen LogP contribution in [0.25, 0.3) is 10.9 Å². The first-order valence-corrected chi connectivity index (χ1v) is 7.71. The number of rotatable bonds is 4. The minimum Gasteiger partial charge on any atom is -0.350 e. The molecule has 0 bridgehead atoms. The van der Waals surface area contributed by atoms with Crippen molar-refractivity contribution in [1.82, 2.24) is 15.3 Å². The molecule has 0 aliphatic heterocycles. The van der Waals surface area contributed by atoms with Gasteiger partial charge in [0.1, 0.15) is 7.85 Å². The number of nitrogens with zero attached hydrogens (tertiary/aromatic N) is 2. The molecule has 2 radical (unpaired) electrons. The van der Waals surface area contributed by atoms with Crippen molar-refractivity contribution in [3.8, 4) is 0 Å². The first kappa shape index (κ1) is 16.0. The summed E-state index contributed by atoms with van der Waals surface area (Å²) in [5.41, 5.74) is 2.92. The lowest BCUT2D eigenvalue weighted by Gasteiger charge is -2.09. The summed E-state index contributed by atoms with van der Waals surface area (Å²) >= 11 is 0. The van der Waals surface area contributed by atoms with Gasteiger partial charge in [0.25, 0.3) is 5.91 Å². The molecule has 118 valence electrons. The minimum atomic E-state index is -0.0870. The number of amides is 1. The summed E-state index contributed by atoms with van der Waals surface area (Å²) in [6.07, 6.45) is 1.73. The largest absolute Gasteiger partial charge is 0.350 e. The molecule has 24 heavy (non-hydrogen) atoms. The molecule has 0 saturated carbocycles. The third kappa shape index (κ3) is 3.71. The molecule has 6 heteroatoms. The summed E-state index contributed by atoms with van der Waals surface area (Å²) in [5.74, 6) is 0.405. The molecule has 1 heterocycles. The van der Waals surface area contributed by atoms with Crippen LogP contribution in [0.3, 0.4) is 0 Å². The van der Waals surface area contributed by atoms with Gasteiger partial charge in [-0.3, -0.25) is 4.79 Å². The first-order valence-electron chi connectivity index (χ1n) is 7.71. The van der Waals surface area contributed by atoms with E-state index in [0.29, 0.717) is 17.0 Å². The zero-order valence-corrected chi connectivity index (χ0v) is 13.6. The zero-order valence-electron chi connectivity index (χ0n) is 13.6. The van der Waals surface area contributed by atoms with E-state index in [1.54, 1.807) is 24.4 Å². The Morgan fingerprint density at radius 2 is 1.88 bits per heavy atom. The van der Waals surface area contributed by atoms with E-state index in [0.717, 1.165) is 16.6 Å². The monoisotopic (exact) mass is 316 g/mol. The molecular weight excluding hydrogens is 299 g/mol. The van der Waals surface area contributed by atoms with E-state index < -0.39 is 0 Å². The van der Waals surface area contributed by atoms with Crippen molar-refractivity contribution < 1.29 is 4.79 Å². The van der Waals surface area contributed by atoms with Crippen LogP contribution in [0.4, 0.5) is 11.6 Å². The maximum Gasteiger partial charge on any atom is 0.251 e. The zero-order chi connectivity index (χ0) is 17.1. The summed E-state index contributed by atoms with van der Waals surface area (Å²) in [7, 11) is 5.75. The standard InChI is InChI=1S/C18H17BN4O/c1-11(2)21-17(24)12-3-6-15(7-4-12)22-18-20-10-13-9-14(19)5-8-16(13)23-18/h3-11H,1-2H3,(H,21,24)(H,20,22,23). The molecule has 0 atom stereocenters. The molecule has 0 saturated heterocycles. The topological polar surface area (TPSA) is 66.9 Å². The fourth-order valence-corrected chi connectivity index (χ4v) is 2.29. The smallest absolute Gasteiger partial charge is 0.251 e. The Hall–Kier alpha value is -2.89. The van der Waals surface area contributed by atoms with Gasteiger partial charge in [0.05, 0.1) is 5.52 Å². The van der Waals surface area contributed by atoms with Crippen molar-refractivity contribution in [3.05, 3.63) is 54.2 Å². The van der Waals surface area contributed by atoms with Crippen molar-refractivity contribution >= 4 is 41.8 Å². The van der Waals surface area contributed by atoms with Crippen LogP contribution in [0.2, 0.25) is 0 Å². The Morgan fingerprint density at radius 3 is 2.58 bits per heavy atom. The normalized spacial score (nSPS) is 10.8. The van der Waals surface area contributed by atoms with Gasteiger partial charge < -0.3 is 10.6 Å². The molecule has 3 aromatic rings. The second-order valence-corrected chi connectivity index (χ2v) is 5.84. The van der Waals surface area contributed by atoms with Gasteiger partial charge in [-0.25, -0.2) is 9.97 Å². The second kappa shape index (κ2) is 6.70. The van der Waals surface area contributed by atoms with Gasteiger partial charge >= 0.3 is 0 Å². The van der Waals surface area contributed by atoms with Crippen LogP contribution < -0.4 is 16.1 Å². The van der Waals surface area contributed by atoms with Crippen molar-refractivity contribution in [2.75, 3.05) is 5.32 Å². The molecule has 1 amide bonds. The lowest BCUT2D eigenvalue weighted by molar-refractivity contribution is 0.0943. The Kier molecular flexibility index (Phi) is 4.47. The van der Waals surface area contributed by atoms with Gasteiger partial charge in [0.15, 0.2) is 0 Å². The number of nitrogens with one attached hydrogen (secondary N) is 2. The molecule has 2 N–H and O–H groups in total. The van der Waals surface area contributed by atoms with Gasteiger partial charge in [-0.15, -0.1) is 0 Å². The molecule has 3 rings (SSSR count). The summed E-state index contributed by atoms with van der Waals surface area (Å²) < 4.78 is 0. The van der Waals surface area contributed by atoms with E-state index in [4.69, 9.17) is 7.85 Å².